The molecular weight excluding hydrogens is 196 g/mol. The van der Waals surface area contributed by atoms with Gasteiger partial charge in [-0.1, -0.05) is 36.4 Å². The molecular formula is C14H20N2. The molecule has 1 unspecified atom stereocenters. The second-order valence-electron chi connectivity index (χ2n) is 4.24. The Hall–Kier alpha value is -1.12. The molecule has 1 aromatic carbocycles. The van der Waals surface area contributed by atoms with Crippen LogP contribution in [-0.4, -0.2) is 31.1 Å². The molecule has 1 N–H and O–H groups in total. The zero-order chi connectivity index (χ0) is 11.2. The SMILES string of the molecule is C=CCCN1CCNCC1c1ccccc1. The highest BCUT2D eigenvalue weighted by Crippen LogP contribution is 2.21. The Morgan fingerprint density at radius 3 is 2.94 bits per heavy atom. The number of nitrogens with zero attached hydrogens (tertiary/aromatic N) is 1. The molecule has 1 fully saturated rings. The average Bonchev–Trinajstić information content (AvgIpc) is 2.38. The fraction of sp³-hybridized carbons (Fsp3) is 0.429. The van der Waals surface area contributed by atoms with Crippen molar-refractivity contribution in [1.82, 2.24) is 10.2 Å². The molecule has 0 bridgehead atoms. The highest BCUT2D eigenvalue weighted by molar-refractivity contribution is 5.20. The molecule has 1 heterocycles. The van der Waals surface area contributed by atoms with Crippen molar-refractivity contribution in [3.63, 3.8) is 0 Å². The first-order chi connectivity index (χ1) is 7.92. The van der Waals surface area contributed by atoms with Crippen LogP contribution in [0.2, 0.25) is 0 Å². The fourth-order valence-corrected chi connectivity index (χ4v) is 2.27. The van der Waals surface area contributed by atoms with E-state index in [-0.39, 0.29) is 0 Å². The smallest absolute Gasteiger partial charge is 0.0473 e. The molecule has 86 valence electrons. The standard InChI is InChI=1S/C14H20N2/c1-2-3-10-16-11-9-15-12-14(16)13-7-5-4-6-8-13/h2,4-8,14-15H,1,3,9-12H2. The Bertz CT molecular complexity index is 321. The first-order valence-electron chi connectivity index (χ1n) is 6.02. The van der Waals surface area contributed by atoms with E-state index >= 15 is 0 Å². The molecule has 2 heteroatoms. The first kappa shape index (κ1) is 11.4. The summed E-state index contributed by atoms with van der Waals surface area (Å²) in [5, 5.41) is 3.47. The van der Waals surface area contributed by atoms with Gasteiger partial charge in [-0.3, -0.25) is 4.90 Å². The van der Waals surface area contributed by atoms with Crippen molar-refractivity contribution in [2.24, 2.45) is 0 Å². The van der Waals surface area contributed by atoms with Gasteiger partial charge in [0.15, 0.2) is 0 Å². The molecule has 0 radical (unpaired) electrons. The summed E-state index contributed by atoms with van der Waals surface area (Å²) in [7, 11) is 0. The van der Waals surface area contributed by atoms with E-state index in [0.29, 0.717) is 6.04 Å². The number of rotatable bonds is 4. The molecule has 1 aliphatic rings. The zero-order valence-corrected chi connectivity index (χ0v) is 9.73. The molecule has 0 amide bonds. The maximum atomic E-state index is 3.80. The van der Waals surface area contributed by atoms with Crippen molar-refractivity contribution in [2.75, 3.05) is 26.2 Å². The van der Waals surface area contributed by atoms with Crippen LogP contribution >= 0.6 is 0 Å². The summed E-state index contributed by atoms with van der Waals surface area (Å²) in [5.41, 5.74) is 1.42. The van der Waals surface area contributed by atoms with Crippen LogP contribution in [0.15, 0.2) is 43.0 Å². The highest BCUT2D eigenvalue weighted by atomic mass is 15.2. The summed E-state index contributed by atoms with van der Waals surface area (Å²) in [6.45, 7) is 8.20. The van der Waals surface area contributed by atoms with Crippen molar-refractivity contribution in [1.29, 1.82) is 0 Å². The molecule has 0 aliphatic carbocycles. The van der Waals surface area contributed by atoms with E-state index in [9.17, 15) is 0 Å². The molecule has 1 aliphatic heterocycles. The van der Waals surface area contributed by atoms with Gasteiger partial charge in [0.1, 0.15) is 0 Å². The summed E-state index contributed by atoms with van der Waals surface area (Å²) >= 11 is 0. The van der Waals surface area contributed by atoms with E-state index in [4.69, 9.17) is 0 Å². The van der Waals surface area contributed by atoms with Gasteiger partial charge in [0.2, 0.25) is 0 Å². The second kappa shape index (κ2) is 5.83. The van der Waals surface area contributed by atoms with E-state index in [0.717, 1.165) is 32.6 Å². The Kier molecular flexibility index (Phi) is 4.14. The summed E-state index contributed by atoms with van der Waals surface area (Å²) in [4.78, 5) is 2.55. The molecule has 1 saturated heterocycles. The van der Waals surface area contributed by atoms with E-state index in [1.54, 1.807) is 0 Å². The van der Waals surface area contributed by atoms with Crippen LogP contribution in [-0.2, 0) is 0 Å². The quantitative estimate of drug-likeness (QED) is 0.776. The Morgan fingerprint density at radius 2 is 2.19 bits per heavy atom. The van der Waals surface area contributed by atoms with E-state index in [2.05, 4.69) is 47.1 Å². The average molecular weight is 216 g/mol. The van der Waals surface area contributed by atoms with E-state index in [1.807, 2.05) is 6.08 Å². The lowest BCUT2D eigenvalue weighted by molar-refractivity contribution is 0.165. The maximum absolute atomic E-state index is 3.80. The predicted molar refractivity (Wildman–Crippen MR) is 68.4 cm³/mol. The number of hydrogen-bond donors (Lipinski definition) is 1. The van der Waals surface area contributed by atoms with Crippen molar-refractivity contribution in [3.8, 4) is 0 Å². The summed E-state index contributed by atoms with van der Waals surface area (Å²) in [6.07, 6.45) is 3.08. The van der Waals surface area contributed by atoms with Crippen LogP contribution in [0, 0.1) is 0 Å². The van der Waals surface area contributed by atoms with Crippen LogP contribution in [0.25, 0.3) is 0 Å². The minimum Gasteiger partial charge on any atom is -0.314 e. The van der Waals surface area contributed by atoms with Crippen LogP contribution in [0.1, 0.15) is 18.0 Å². The van der Waals surface area contributed by atoms with Crippen molar-refractivity contribution in [3.05, 3.63) is 48.6 Å². The molecule has 16 heavy (non-hydrogen) atoms. The lowest BCUT2D eigenvalue weighted by atomic mass is 10.0. The second-order valence-corrected chi connectivity index (χ2v) is 4.24. The highest BCUT2D eigenvalue weighted by Gasteiger charge is 2.22. The van der Waals surface area contributed by atoms with Crippen LogP contribution in [0.4, 0.5) is 0 Å². The molecule has 2 rings (SSSR count). The van der Waals surface area contributed by atoms with Gasteiger partial charge >= 0.3 is 0 Å². The summed E-state index contributed by atoms with van der Waals surface area (Å²) in [6, 6.07) is 11.3. The lowest BCUT2D eigenvalue weighted by Gasteiger charge is -2.36. The molecule has 0 aromatic heterocycles. The van der Waals surface area contributed by atoms with Crippen molar-refractivity contribution < 1.29 is 0 Å². The molecule has 1 aromatic rings. The third-order valence-corrected chi connectivity index (χ3v) is 3.16. The van der Waals surface area contributed by atoms with Gasteiger partial charge in [-0.25, -0.2) is 0 Å². The number of hydrogen-bond acceptors (Lipinski definition) is 2. The number of benzene rings is 1. The fourth-order valence-electron chi connectivity index (χ4n) is 2.27. The molecule has 0 spiro atoms. The number of nitrogens with one attached hydrogen (secondary N) is 1. The largest absolute Gasteiger partial charge is 0.314 e. The predicted octanol–water partition coefficient (Wildman–Crippen LogP) is 2.21. The van der Waals surface area contributed by atoms with Gasteiger partial charge in [-0.15, -0.1) is 6.58 Å². The molecule has 0 saturated carbocycles. The lowest BCUT2D eigenvalue weighted by Crippen LogP contribution is -2.46. The molecule has 2 nitrogen and oxygen atoms in total. The minimum absolute atomic E-state index is 0.523. The van der Waals surface area contributed by atoms with Crippen LogP contribution < -0.4 is 5.32 Å². The van der Waals surface area contributed by atoms with E-state index < -0.39 is 0 Å². The minimum atomic E-state index is 0.523. The van der Waals surface area contributed by atoms with Gasteiger partial charge in [-0.2, -0.15) is 0 Å². The van der Waals surface area contributed by atoms with Gasteiger partial charge < -0.3 is 5.32 Å². The van der Waals surface area contributed by atoms with Crippen molar-refractivity contribution >= 4 is 0 Å². The molecule has 1 atom stereocenters. The third-order valence-electron chi connectivity index (χ3n) is 3.16. The topological polar surface area (TPSA) is 15.3 Å². The Morgan fingerprint density at radius 1 is 1.38 bits per heavy atom. The first-order valence-corrected chi connectivity index (χ1v) is 6.02. The number of piperazine rings is 1. The van der Waals surface area contributed by atoms with Gasteiger partial charge in [0, 0.05) is 32.2 Å². The van der Waals surface area contributed by atoms with E-state index in [1.165, 1.54) is 5.56 Å². The maximum Gasteiger partial charge on any atom is 0.0473 e. The Labute approximate surface area is 98.0 Å². The normalized spacial score (nSPS) is 21.9. The zero-order valence-electron chi connectivity index (χ0n) is 9.73. The van der Waals surface area contributed by atoms with Crippen molar-refractivity contribution in [2.45, 2.75) is 12.5 Å². The third kappa shape index (κ3) is 2.71. The van der Waals surface area contributed by atoms with Gasteiger partial charge in [0.25, 0.3) is 0 Å². The van der Waals surface area contributed by atoms with Crippen LogP contribution in [0.3, 0.4) is 0 Å². The summed E-state index contributed by atoms with van der Waals surface area (Å²) in [5.74, 6) is 0. The van der Waals surface area contributed by atoms with Gasteiger partial charge in [-0.05, 0) is 12.0 Å². The monoisotopic (exact) mass is 216 g/mol. The Balaban J connectivity index is 2.07. The van der Waals surface area contributed by atoms with Crippen LogP contribution in [0.5, 0.6) is 0 Å². The summed E-state index contributed by atoms with van der Waals surface area (Å²) < 4.78 is 0. The van der Waals surface area contributed by atoms with Gasteiger partial charge in [0.05, 0.1) is 0 Å².